The number of aromatic hydroxyl groups is 2. The summed E-state index contributed by atoms with van der Waals surface area (Å²) >= 11 is 0. The van der Waals surface area contributed by atoms with Crippen molar-refractivity contribution in [3.8, 4) is 11.5 Å². The van der Waals surface area contributed by atoms with E-state index >= 15 is 0 Å². The molecule has 30 heavy (non-hydrogen) atoms. The molecule has 2 aromatic rings. The summed E-state index contributed by atoms with van der Waals surface area (Å²) < 4.78 is 4.58. The standard InChI is InChI=1S/C23H22O7/c1-14-5-3-6-15(21(14)27)9-11-18(25)20(23(29)30-2)19(26)12-10-16-7-4-8-17(13-24)22(16)28/h3-12,20,24,27-28H,13H2,1-2H3/b11-9+,12-10+. The van der Waals surface area contributed by atoms with Crippen LogP contribution in [0.3, 0.4) is 0 Å². The lowest BCUT2D eigenvalue weighted by molar-refractivity contribution is -0.150. The predicted molar refractivity (Wildman–Crippen MR) is 110 cm³/mol. The highest BCUT2D eigenvalue weighted by atomic mass is 16.5. The van der Waals surface area contributed by atoms with Gasteiger partial charge in [0.25, 0.3) is 0 Å². The number of ketones is 2. The zero-order valence-electron chi connectivity index (χ0n) is 16.5. The number of hydrogen-bond acceptors (Lipinski definition) is 7. The predicted octanol–water partition coefficient (Wildman–Crippen LogP) is 2.55. The van der Waals surface area contributed by atoms with Crippen LogP contribution in [0.25, 0.3) is 12.2 Å². The molecule has 0 bridgehead atoms. The number of rotatable bonds is 8. The second kappa shape index (κ2) is 10.2. The number of carbonyl (C=O) groups excluding carboxylic acids is 3. The van der Waals surface area contributed by atoms with Crippen LogP contribution in [0, 0.1) is 12.8 Å². The molecule has 2 rings (SSSR count). The highest BCUT2D eigenvalue weighted by Crippen LogP contribution is 2.25. The summed E-state index contributed by atoms with van der Waals surface area (Å²) in [5.74, 6) is -4.62. The Balaban J connectivity index is 2.27. The molecule has 156 valence electrons. The molecule has 1 unspecified atom stereocenters. The molecule has 1 atom stereocenters. The van der Waals surface area contributed by atoms with E-state index in [-0.39, 0.29) is 29.2 Å². The van der Waals surface area contributed by atoms with Crippen LogP contribution in [0.2, 0.25) is 0 Å². The summed E-state index contributed by atoms with van der Waals surface area (Å²) in [6.45, 7) is 1.31. The minimum atomic E-state index is -1.72. The van der Waals surface area contributed by atoms with E-state index in [9.17, 15) is 29.7 Å². The van der Waals surface area contributed by atoms with Crippen LogP contribution in [0.1, 0.15) is 22.3 Å². The number of phenols is 2. The maximum absolute atomic E-state index is 12.5. The Morgan fingerprint density at radius 1 is 0.933 bits per heavy atom. The first-order valence-corrected chi connectivity index (χ1v) is 9.02. The molecule has 0 fully saturated rings. The average Bonchev–Trinajstić information content (AvgIpc) is 2.74. The second-order valence-corrected chi connectivity index (χ2v) is 6.45. The maximum atomic E-state index is 12.5. The van der Waals surface area contributed by atoms with Gasteiger partial charge in [0.15, 0.2) is 17.5 Å². The summed E-state index contributed by atoms with van der Waals surface area (Å²) in [4.78, 5) is 37.1. The van der Waals surface area contributed by atoms with Crippen LogP contribution in [0.5, 0.6) is 11.5 Å². The number of carbonyl (C=O) groups is 3. The summed E-state index contributed by atoms with van der Waals surface area (Å²) in [6.07, 6.45) is 4.59. The number of aryl methyl sites for hydroxylation is 1. The molecule has 0 aromatic heterocycles. The molecular weight excluding hydrogens is 388 g/mol. The lowest BCUT2D eigenvalue weighted by Gasteiger charge is -2.09. The highest BCUT2D eigenvalue weighted by molar-refractivity contribution is 6.24. The van der Waals surface area contributed by atoms with E-state index in [0.29, 0.717) is 11.1 Å². The molecule has 0 spiro atoms. The van der Waals surface area contributed by atoms with Crippen molar-refractivity contribution in [2.24, 2.45) is 5.92 Å². The third-order valence-electron chi connectivity index (χ3n) is 4.45. The number of phenolic OH excluding ortho intramolecular Hbond substituents is 1. The quantitative estimate of drug-likeness (QED) is 0.347. The second-order valence-electron chi connectivity index (χ2n) is 6.45. The number of para-hydroxylation sites is 2. The topological polar surface area (TPSA) is 121 Å². The molecule has 7 nitrogen and oxygen atoms in total. The fourth-order valence-corrected chi connectivity index (χ4v) is 2.72. The van der Waals surface area contributed by atoms with Crippen LogP contribution < -0.4 is 0 Å². The number of aliphatic hydroxyl groups excluding tert-OH is 1. The van der Waals surface area contributed by atoms with E-state index in [1.54, 1.807) is 31.2 Å². The summed E-state index contributed by atoms with van der Waals surface area (Å²) in [7, 11) is 1.06. The Morgan fingerprint density at radius 3 is 2.00 bits per heavy atom. The van der Waals surface area contributed by atoms with Gasteiger partial charge in [0.05, 0.1) is 13.7 Å². The Bertz CT molecular complexity index is 1020. The van der Waals surface area contributed by atoms with Crippen molar-refractivity contribution in [3.05, 3.63) is 70.8 Å². The normalized spacial score (nSPS) is 12.2. The first-order chi connectivity index (χ1) is 14.3. The molecule has 0 saturated heterocycles. The fourth-order valence-electron chi connectivity index (χ4n) is 2.72. The lowest BCUT2D eigenvalue weighted by atomic mass is 9.96. The van der Waals surface area contributed by atoms with E-state index in [4.69, 9.17) is 0 Å². The fraction of sp³-hybridized carbons (Fsp3) is 0.174. The molecule has 0 saturated carbocycles. The van der Waals surface area contributed by atoms with Crippen molar-refractivity contribution < 1.29 is 34.4 Å². The Hall–Kier alpha value is -3.71. The molecule has 0 aliphatic rings. The number of hydrogen-bond donors (Lipinski definition) is 3. The molecule has 3 N–H and O–H groups in total. The van der Waals surface area contributed by atoms with Crippen molar-refractivity contribution in [2.45, 2.75) is 13.5 Å². The van der Waals surface area contributed by atoms with Gasteiger partial charge in [-0.15, -0.1) is 0 Å². The summed E-state index contributed by atoms with van der Waals surface area (Å²) in [5, 5.41) is 29.3. The molecule has 0 heterocycles. The average molecular weight is 410 g/mol. The SMILES string of the molecule is COC(=O)C(C(=O)/C=C/c1cccc(C)c1O)C(=O)/C=C/c1cccc(CO)c1O. The van der Waals surface area contributed by atoms with Gasteiger partial charge >= 0.3 is 5.97 Å². The third kappa shape index (κ3) is 5.21. The number of esters is 1. The molecule has 2 aromatic carbocycles. The zero-order valence-corrected chi connectivity index (χ0v) is 16.5. The van der Waals surface area contributed by atoms with Gasteiger partial charge in [0.2, 0.25) is 0 Å². The largest absolute Gasteiger partial charge is 0.507 e. The summed E-state index contributed by atoms with van der Waals surface area (Å²) in [5.41, 5.74) is 1.48. The molecule has 7 heteroatoms. The van der Waals surface area contributed by atoms with Gasteiger partial charge in [0, 0.05) is 16.7 Å². The molecular formula is C23H22O7. The van der Waals surface area contributed by atoms with E-state index in [1.807, 2.05) is 0 Å². The van der Waals surface area contributed by atoms with Crippen molar-refractivity contribution in [1.29, 1.82) is 0 Å². The minimum Gasteiger partial charge on any atom is -0.507 e. The van der Waals surface area contributed by atoms with Gasteiger partial charge < -0.3 is 20.1 Å². The number of methoxy groups -OCH3 is 1. The van der Waals surface area contributed by atoms with E-state index in [2.05, 4.69) is 4.74 Å². The van der Waals surface area contributed by atoms with E-state index in [1.165, 1.54) is 24.3 Å². The lowest BCUT2D eigenvalue weighted by Crippen LogP contribution is -2.30. The number of benzene rings is 2. The van der Waals surface area contributed by atoms with Gasteiger partial charge in [-0.3, -0.25) is 14.4 Å². The van der Waals surface area contributed by atoms with Crippen LogP contribution >= 0.6 is 0 Å². The number of aliphatic hydroxyl groups is 1. The van der Waals surface area contributed by atoms with Crippen LogP contribution in [-0.2, 0) is 25.7 Å². The van der Waals surface area contributed by atoms with Crippen LogP contribution in [0.15, 0.2) is 48.6 Å². The first kappa shape index (κ1) is 22.6. The molecule has 0 amide bonds. The first-order valence-electron chi connectivity index (χ1n) is 9.02. The molecule has 0 aliphatic heterocycles. The Morgan fingerprint density at radius 2 is 1.47 bits per heavy atom. The summed E-state index contributed by atoms with van der Waals surface area (Å²) in [6, 6.07) is 9.57. The van der Waals surface area contributed by atoms with Crippen molar-refractivity contribution >= 4 is 29.7 Å². The third-order valence-corrected chi connectivity index (χ3v) is 4.45. The molecule has 0 radical (unpaired) electrons. The Labute approximate surface area is 173 Å². The monoisotopic (exact) mass is 410 g/mol. The van der Waals surface area contributed by atoms with Crippen molar-refractivity contribution in [2.75, 3.05) is 7.11 Å². The van der Waals surface area contributed by atoms with Crippen molar-refractivity contribution in [3.63, 3.8) is 0 Å². The maximum Gasteiger partial charge on any atom is 0.324 e. The van der Waals surface area contributed by atoms with Gasteiger partial charge in [-0.1, -0.05) is 36.4 Å². The van der Waals surface area contributed by atoms with Gasteiger partial charge in [0.1, 0.15) is 11.5 Å². The van der Waals surface area contributed by atoms with E-state index < -0.39 is 23.5 Å². The number of allylic oxidation sites excluding steroid dienone is 2. The van der Waals surface area contributed by atoms with Gasteiger partial charge in [-0.2, -0.15) is 0 Å². The van der Waals surface area contributed by atoms with Gasteiger partial charge in [-0.05, 0) is 36.8 Å². The Kier molecular flexibility index (Phi) is 7.66. The van der Waals surface area contributed by atoms with E-state index in [0.717, 1.165) is 19.3 Å². The highest BCUT2D eigenvalue weighted by Gasteiger charge is 2.31. The van der Waals surface area contributed by atoms with Crippen molar-refractivity contribution in [1.82, 2.24) is 0 Å². The smallest absolute Gasteiger partial charge is 0.324 e. The van der Waals surface area contributed by atoms with Gasteiger partial charge in [-0.25, -0.2) is 0 Å². The minimum absolute atomic E-state index is 0.0124. The van der Waals surface area contributed by atoms with Crippen LogP contribution in [-0.4, -0.2) is 40.0 Å². The zero-order chi connectivity index (χ0) is 22.3. The molecule has 0 aliphatic carbocycles. The van der Waals surface area contributed by atoms with Crippen LogP contribution in [0.4, 0.5) is 0 Å². The number of ether oxygens (including phenoxy) is 1.